The van der Waals surface area contributed by atoms with Gasteiger partial charge in [-0.25, -0.2) is 4.79 Å². The molecule has 1 aromatic rings. The third-order valence-electron chi connectivity index (χ3n) is 2.17. The SMILES string of the molecule is O=c1cnn(C2CCCCO2)c(=O)[nH]1. The van der Waals surface area contributed by atoms with Crippen LogP contribution in [-0.4, -0.2) is 21.4 Å². The van der Waals surface area contributed by atoms with E-state index in [0.29, 0.717) is 6.61 Å². The van der Waals surface area contributed by atoms with Gasteiger partial charge in [0.2, 0.25) is 0 Å². The molecule has 1 fully saturated rings. The lowest BCUT2D eigenvalue weighted by molar-refractivity contribution is -0.0435. The lowest BCUT2D eigenvalue weighted by Crippen LogP contribution is -2.36. The predicted octanol–water partition coefficient (Wildman–Crippen LogP) is -0.369. The van der Waals surface area contributed by atoms with E-state index in [1.54, 1.807) is 0 Å². The number of aromatic amines is 1. The van der Waals surface area contributed by atoms with Gasteiger partial charge in [0.15, 0.2) is 6.23 Å². The second-order valence-electron chi connectivity index (χ2n) is 3.20. The van der Waals surface area contributed by atoms with Gasteiger partial charge in [-0.15, -0.1) is 0 Å². The van der Waals surface area contributed by atoms with E-state index in [9.17, 15) is 9.59 Å². The number of nitrogens with zero attached hydrogens (tertiary/aromatic N) is 2. The van der Waals surface area contributed by atoms with Crippen LogP contribution in [0.5, 0.6) is 0 Å². The highest BCUT2D eigenvalue weighted by molar-refractivity contribution is 4.72. The maximum atomic E-state index is 11.3. The summed E-state index contributed by atoms with van der Waals surface area (Å²) in [6, 6.07) is 0. The van der Waals surface area contributed by atoms with Gasteiger partial charge < -0.3 is 4.74 Å². The number of aromatic nitrogens is 3. The minimum Gasteiger partial charge on any atom is -0.356 e. The molecule has 0 aliphatic carbocycles. The predicted molar refractivity (Wildman–Crippen MR) is 48.0 cm³/mol. The van der Waals surface area contributed by atoms with Gasteiger partial charge >= 0.3 is 5.69 Å². The van der Waals surface area contributed by atoms with Crippen molar-refractivity contribution in [2.24, 2.45) is 0 Å². The van der Waals surface area contributed by atoms with Crippen molar-refractivity contribution in [2.75, 3.05) is 6.61 Å². The quantitative estimate of drug-likeness (QED) is 0.666. The summed E-state index contributed by atoms with van der Waals surface area (Å²) >= 11 is 0. The Morgan fingerprint density at radius 3 is 3.00 bits per heavy atom. The summed E-state index contributed by atoms with van der Waals surface area (Å²) in [7, 11) is 0. The summed E-state index contributed by atoms with van der Waals surface area (Å²) < 4.78 is 6.54. The molecule has 2 rings (SSSR count). The van der Waals surface area contributed by atoms with Crippen molar-refractivity contribution < 1.29 is 4.74 Å². The van der Waals surface area contributed by atoms with Gasteiger partial charge in [-0.2, -0.15) is 9.78 Å². The van der Waals surface area contributed by atoms with E-state index in [1.807, 2.05) is 0 Å². The fourth-order valence-electron chi connectivity index (χ4n) is 1.48. The van der Waals surface area contributed by atoms with Crippen molar-refractivity contribution in [3.8, 4) is 0 Å². The van der Waals surface area contributed by atoms with Crippen molar-refractivity contribution in [1.29, 1.82) is 0 Å². The second kappa shape index (κ2) is 3.75. The number of hydrogen-bond acceptors (Lipinski definition) is 4. The van der Waals surface area contributed by atoms with Crippen LogP contribution in [0.4, 0.5) is 0 Å². The standard InChI is InChI=1S/C8H11N3O3/c12-6-5-9-11(8(13)10-6)7-3-1-2-4-14-7/h5,7H,1-4H2,(H,10,12,13). The van der Waals surface area contributed by atoms with Crippen LogP contribution in [-0.2, 0) is 4.74 Å². The van der Waals surface area contributed by atoms with E-state index in [2.05, 4.69) is 10.1 Å². The molecule has 1 saturated heterocycles. The summed E-state index contributed by atoms with van der Waals surface area (Å²) in [5.41, 5.74) is -0.994. The first-order chi connectivity index (χ1) is 6.77. The zero-order valence-corrected chi connectivity index (χ0v) is 7.60. The number of hydrogen-bond donors (Lipinski definition) is 1. The maximum Gasteiger partial charge on any atom is 0.347 e. The van der Waals surface area contributed by atoms with Crippen molar-refractivity contribution in [1.82, 2.24) is 14.8 Å². The minimum atomic E-state index is -0.510. The molecule has 6 nitrogen and oxygen atoms in total. The van der Waals surface area contributed by atoms with E-state index < -0.39 is 11.2 Å². The van der Waals surface area contributed by atoms with Crippen LogP contribution in [0.1, 0.15) is 25.5 Å². The monoisotopic (exact) mass is 197 g/mol. The minimum absolute atomic E-state index is 0.326. The topological polar surface area (TPSA) is 77.0 Å². The van der Waals surface area contributed by atoms with Crippen molar-refractivity contribution >= 4 is 0 Å². The molecule has 0 amide bonds. The fourth-order valence-corrected chi connectivity index (χ4v) is 1.48. The number of rotatable bonds is 1. The molecule has 0 radical (unpaired) electrons. The maximum absolute atomic E-state index is 11.3. The van der Waals surface area contributed by atoms with Crippen molar-refractivity contribution in [2.45, 2.75) is 25.5 Å². The van der Waals surface area contributed by atoms with Gasteiger partial charge in [-0.05, 0) is 19.3 Å². The average Bonchev–Trinajstić information content (AvgIpc) is 2.19. The molecule has 6 heteroatoms. The van der Waals surface area contributed by atoms with Crippen LogP contribution < -0.4 is 11.2 Å². The Morgan fingerprint density at radius 1 is 1.50 bits per heavy atom. The number of H-pyrrole nitrogens is 1. The molecule has 76 valence electrons. The fraction of sp³-hybridized carbons (Fsp3) is 0.625. The smallest absolute Gasteiger partial charge is 0.347 e. The van der Waals surface area contributed by atoms with Crippen LogP contribution in [0.3, 0.4) is 0 Å². The van der Waals surface area contributed by atoms with Gasteiger partial charge in [0.25, 0.3) is 5.56 Å². The molecule has 0 bridgehead atoms. The first-order valence-corrected chi connectivity index (χ1v) is 4.57. The normalized spacial score (nSPS) is 22.1. The number of ether oxygens (including phenoxy) is 1. The Balaban J connectivity index is 2.31. The Labute approximate surface area is 79.5 Å². The van der Waals surface area contributed by atoms with Crippen LogP contribution in [0.15, 0.2) is 15.8 Å². The van der Waals surface area contributed by atoms with E-state index in [0.717, 1.165) is 25.5 Å². The molecular formula is C8H11N3O3. The highest BCUT2D eigenvalue weighted by Gasteiger charge is 2.17. The molecule has 1 N–H and O–H groups in total. The molecule has 1 aromatic heterocycles. The van der Waals surface area contributed by atoms with E-state index >= 15 is 0 Å². The summed E-state index contributed by atoms with van der Waals surface area (Å²) in [5.74, 6) is 0. The van der Waals surface area contributed by atoms with E-state index in [4.69, 9.17) is 4.74 Å². The molecule has 0 saturated carbocycles. The van der Waals surface area contributed by atoms with Crippen molar-refractivity contribution in [3.63, 3.8) is 0 Å². The van der Waals surface area contributed by atoms with Gasteiger partial charge in [0.1, 0.15) is 6.20 Å². The van der Waals surface area contributed by atoms with Crippen LogP contribution in [0.25, 0.3) is 0 Å². The average molecular weight is 197 g/mol. The molecule has 1 aliphatic heterocycles. The van der Waals surface area contributed by atoms with Gasteiger partial charge in [-0.1, -0.05) is 0 Å². The second-order valence-corrected chi connectivity index (χ2v) is 3.20. The highest BCUT2D eigenvalue weighted by Crippen LogP contribution is 2.19. The molecule has 2 heterocycles. The van der Waals surface area contributed by atoms with Gasteiger partial charge in [0, 0.05) is 6.61 Å². The van der Waals surface area contributed by atoms with Gasteiger partial charge in [-0.3, -0.25) is 9.78 Å². The summed E-state index contributed by atoms with van der Waals surface area (Å²) in [6.45, 7) is 0.637. The molecule has 0 aromatic carbocycles. The third kappa shape index (κ3) is 1.74. The zero-order valence-electron chi connectivity index (χ0n) is 7.60. The lowest BCUT2D eigenvalue weighted by atomic mass is 10.2. The first-order valence-electron chi connectivity index (χ1n) is 4.57. The van der Waals surface area contributed by atoms with Crippen LogP contribution in [0, 0.1) is 0 Å². The third-order valence-corrected chi connectivity index (χ3v) is 2.17. The van der Waals surface area contributed by atoms with Gasteiger partial charge in [0.05, 0.1) is 0 Å². The zero-order chi connectivity index (χ0) is 9.97. The summed E-state index contributed by atoms with van der Waals surface area (Å²) in [5, 5.41) is 3.74. The largest absolute Gasteiger partial charge is 0.356 e. The Kier molecular flexibility index (Phi) is 2.45. The van der Waals surface area contributed by atoms with Crippen molar-refractivity contribution in [3.05, 3.63) is 27.0 Å². The molecule has 1 atom stereocenters. The van der Waals surface area contributed by atoms with E-state index in [1.165, 1.54) is 4.68 Å². The summed E-state index contributed by atoms with van der Waals surface area (Å²) in [4.78, 5) is 24.2. The lowest BCUT2D eigenvalue weighted by Gasteiger charge is -2.22. The molecule has 0 spiro atoms. The van der Waals surface area contributed by atoms with Crippen LogP contribution in [0.2, 0.25) is 0 Å². The molecule has 1 unspecified atom stereocenters. The summed E-state index contributed by atoms with van der Waals surface area (Å²) in [6.07, 6.45) is 3.54. The molecule has 14 heavy (non-hydrogen) atoms. The Bertz CT molecular complexity index is 416. The highest BCUT2D eigenvalue weighted by atomic mass is 16.5. The Hall–Kier alpha value is -1.43. The molecule has 1 aliphatic rings. The first kappa shape index (κ1) is 9.14. The van der Waals surface area contributed by atoms with E-state index in [-0.39, 0.29) is 6.23 Å². The Morgan fingerprint density at radius 2 is 2.36 bits per heavy atom. The van der Waals surface area contributed by atoms with Crippen LogP contribution >= 0.6 is 0 Å². The number of nitrogens with one attached hydrogen (secondary N) is 1. The molecular weight excluding hydrogens is 186 g/mol.